The Morgan fingerprint density at radius 2 is 2.17 bits per heavy atom. The van der Waals surface area contributed by atoms with Gasteiger partial charge in [-0.25, -0.2) is 4.79 Å². The molecular weight excluding hydrogens is 223 g/mol. The number of ether oxygens (including phenoxy) is 1. The first-order valence-electron chi connectivity index (χ1n) is 6.39. The van der Waals surface area contributed by atoms with Crippen molar-refractivity contribution in [1.29, 1.82) is 0 Å². The summed E-state index contributed by atoms with van der Waals surface area (Å²) >= 11 is 0. The minimum absolute atomic E-state index is 0.194. The molecule has 90 valence electrons. The van der Waals surface area contributed by atoms with E-state index in [1.165, 1.54) is 29.3 Å². The van der Waals surface area contributed by atoms with Crippen molar-refractivity contribution in [1.82, 2.24) is 0 Å². The summed E-state index contributed by atoms with van der Waals surface area (Å²) in [5.74, 6) is -0.194. The molecule has 0 saturated carbocycles. The second-order valence-corrected chi connectivity index (χ2v) is 4.85. The van der Waals surface area contributed by atoms with Crippen LogP contribution in [-0.4, -0.2) is 20.4 Å². The van der Waals surface area contributed by atoms with Gasteiger partial charge >= 0.3 is 5.97 Å². The molecule has 0 unspecified atom stereocenters. The molecule has 2 aliphatic rings. The number of carbonyl (C=O) groups excluding carboxylic acids is 1. The molecule has 3 rings (SSSR count). The summed E-state index contributed by atoms with van der Waals surface area (Å²) < 4.78 is 4.83. The lowest BCUT2D eigenvalue weighted by atomic mass is 9.65. The van der Waals surface area contributed by atoms with Gasteiger partial charge in [0, 0.05) is 12.0 Å². The van der Waals surface area contributed by atoms with Crippen LogP contribution in [0.2, 0.25) is 6.32 Å². The van der Waals surface area contributed by atoms with E-state index in [0.29, 0.717) is 0 Å². The lowest BCUT2D eigenvalue weighted by Gasteiger charge is -2.09. The Labute approximate surface area is 108 Å². The minimum Gasteiger partial charge on any atom is -0.466 e. The predicted molar refractivity (Wildman–Crippen MR) is 74.3 cm³/mol. The average Bonchev–Trinajstić information content (AvgIpc) is 2.75. The van der Waals surface area contributed by atoms with Gasteiger partial charge in [0.15, 0.2) is 7.28 Å². The molecule has 0 N–H and O–H groups in total. The maximum absolute atomic E-state index is 11.6. The van der Waals surface area contributed by atoms with Crippen molar-refractivity contribution in [2.24, 2.45) is 0 Å². The Kier molecular flexibility index (Phi) is 2.82. The summed E-state index contributed by atoms with van der Waals surface area (Å²) in [7, 11) is 2.57. The molecule has 1 aromatic carbocycles. The van der Waals surface area contributed by atoms with Crippen LogP contribution in [0.1, 0.15) is 18.4 Å². The Bertz CT molecular complexity index is 570. The number of methoxy groups -OCH3 is 1. The normalized spacial score (nSPS) is 17.3. The molecule has 0 bridgehead atoms. The molecule has 18 heavy (non-hydrogen) atoms. The summed E-state index contributed by atoms with van der Waals surface area (Å²) in [5.41, 5.74) is 6.16. The number of fused-ring (bicyclic) bond motifs is 2. The van der Waals surface area contributed by atoms with Crippen LogP contribution < -0.4 is 5.46 Å². The molecule has 0 saturated heterocycles. The molecule has 0 aromatic heterocycles. The number of rotatable bonds is 1. The van der Waals surface area contributed by atoms with Gasteiger partial charge in [-0.05, 0) is 29.2 Å². The molecule has 1 heterocycles. The van der Waals surface area contributed by atoms with Crippen molar-refractivity contribution >= 4 is 24.3 Å². The van der Waals surface area contributed by atoms with Crippen molar-refractivity contribution in [3.05, 3.63) is 47.1 Å². The molecule has 1 aliphatic heterocycles. The molecule has 0 fully saturated rings. The predicted octanol–water partition coefficient (Wildman–Crippen LogP) is 1.83. The van der Waals surface area contributed by atoms with E-state index < -0.39 is 0 Å². The van der Waals surface area contributed by atoms with Crippen LogP contribution in [0.4, 0.5) is 0 Å². The van der Waals surface area contributed by atoms with E-state index in [4.69, 9.17) is 4.74 Å². The number of allylic oxidation sites excluding steroid dienone is 3. The van der Waals surface area contributed by atoms with Crippen LogP contribution in [0.5, 0.6) is 0 Å². The van der Waals surface area contributed by atoms with E-state index in [1.54, 1.807) is 0 Å². The maximum Gasteiger partial charge on any atom is 0.334 e. The van der Waals surface area contributed by atoms with Crippen molar-refractivity contribution in [2.75, 3.05) is 7.11 Å². The summed E-state index contributed by atoms with van der Waals surface area (Å²) in [5, 5.41) is 0. The van der Waals surface area contributed by atoms with Gasteiger partial charge in [-0.2, -0.15) is 0 Å². The number of esters is 1. The van der Waals surface area contributed by atoms with Gasteiger partial charge in [0.1, 0.15) is 0 Å². The topological polar surface area (TPSA) is 26.3 Å². The number of hydrogen-bond donors (Lipinski definition) is 0. The highest BCUT2D eigenvalue weighted by Gasteiger charge is 2.25. The third kappa shape index (κ3) is 1.80. The van der Waals surface area contributed by atoms with Crippen LogP contribution >= 0.6 is 0 Å². The van der Waals surface area contributed by atoms with Crippen molar-refractivity contribution in [3.63, 3.8) is 0 Å². The van der Waals surface area contributed by atoms with Gasteiger partial charge in [0.05, 0.1) is 7.11 Å². The zero-order valence-electron chi connectivity index (χ0n) is 10.5. The molecule has 0 spiro atoms. The summed E-state index contributed by atoms with van der Waals surface area (Å²) in [4.78, 5) is 11.6. The molecule has 2 nitrogen and oxygen atoms in total. The smallest absolute Gasteiger partial charge is 0.334 e. The van der Waals surface area contributed by atoms with Crippen molar-refractivity contribution < 1.29 is 9.53 Å². The standard InChI is InChI=1S/C15H15BO2/c1-18-15(17)11-8-10-6-7-16-14-5-3-2-4-12(14)13(10)9-11/h2-5,8,16H,6-7,9H2,1H3. The third-order valence-corrected chi connectivity index (χ3v) is 3.79. The molecule has 0 atom stereocenters. The zero-order valence-corrected chi connectivity index (χ0v) is 10.5. The quantitative estimate of drug-likeness (QED) is 0.551. The van der Waals surface area contributed by atoms with Gasteiger partial charge in [0.25, 0.3) is 0 Å². The van der Waals surface area contributed by atoms with Crippen LogP contribution in [0, 0.1) is 0 Å². The monoisotopic (exact) mass is 238 g/mol. The third-order valence-electron chi connectivity index (χ3n) is 3.79. The van der Waals surface area contributed by atoms with E-state index >= 15 is 0 Å². The highest BCUT2D eigenvalue weighted by molar-refractivity contribution is 6.55. The first kappa shape index (κ1) is 11.3. The second-order valence-electron chi connectivity index (χ2n) is 4.85. The summed E-state index contributed by atoms with van der Waals surface area (Å²) in [6.07, 6.45) is 4.97. The highest BCUT2D eigenvalue weighted by Crippen LogP contribution is 2.36. The number of benzene rings is 1. The molecule has 3 heteroatoms. The second kappa shape index (κ2) is 4.49. The van der Waals surface area contributed by atoms with E-state index in [0.717, 1.165) is 32.0 Å². The van der Waals surface area contributed by atoms with Gasteiger partial charge < -0.3 is 4.74 Å². The van der Waals surface area contributed by atoms with Crippen molar-refractivity contribution in [2.45, 2.75) is 19.2 Å². The van der Waals surface area contributed by atoms with Crippen LogP contribution in [0.3, 0.4) is 0 Å². The number of carbonyl (C=O) groups is 1. The summed E-state index contributed by atoms with van der Waals surface area (Å²) in [6.45, 7) is 0. The average molecular weight is 238 g/mol. The van der Waals surface area contributed by atoms with Crippen LogP contribution in [0.15, 0.2) is 41.5 Å². The first-order chi connectivity index (χ1) is 8.79. The molecule has 1 aromatic rings. The van der Waals surface area contributed by atoms with Gasteiger partial charge in [-0.1, -0.05) is 36.0 Å². The van der Waals surface area contributed by atoms with Crippen molar-refractivity contribution in [3.8, 4) is 0 Å². The van der Waals surface area contributed by atoms with E-state index in [2.05, 4.69) is 24.3 Å². The SMILES string of the molecule is COC(=O)C1=CC2=C(C1)c1ccccc1BCC2. The molecule has 0 amide bonds. The fraction of sp³-hybridized carbons (Fsp3) is 0.267. The lowest BCUT2D eigenvalue weighted by Crippen LogP contribution is -2.17. The maximum atomic E-state index is 11.6. The van der Waals surface area contributed by atoms with E-state index in [-0.39, 0.29) is 5.97 Å². The largest absolute Gasteiger partial charge is 0.466 e. The van der Waals surface area contributed by atoms with Crippen LogP contribution in [0.25, 0.3) is 5.57 Å². The van der Waals surface area contributed by atoms with E-state index in [9.17, 15) is 4.79 Å². The molecular formula is C15H15BO2. The van der Waals surface area contributed by atoms with Gasteiger partial charge in [0.2, 0.25) is 0 Å². The minimum atomic E-state index is -0.194. The highest BCUT2D eigenvalue weighted by atomic mass is 16.5. The van der Waals surface area contributed by atoms with E-state index in [1.807, 2.05) is 6.08 Å². The Morgan fingerprint density at radius 3 is 3.00 bits per heavy atom. The molecule has 1 aliphatic carbocycles. The Hall–Kier alpha value is -1.77. The lowest BCUT2D eigenvalue weighted by molar-refractivity contribution is -0.136. The Balaban J connectivity index is 2.00. The summed E-state index contributed by atoms with van der Waals surface area (Å²) in [6, 6.07) is 8.53. The zero-order chi connectivity index (χ0) is 12.5. The fourth-order valence-electron chi connectivity index (χ4n) is 2.91. The molecule has 0 radical (unpaired) electrons. The first-order valence-corrected chi connectivity index (χ1v) is 6.39. The van der Waals surface area contributed by atoms with Gasteiger partial charge in [-0.15, -0.1) is 0 Å². The van der Waals surface area contributed by atoms with Crippen LogP contribution in [-0.2, 0) is 9.53 Å². The van der Waals surface area contributed by atoms with Gasteiger partial charge in [-0.3, -0.25) is 0 Å². The number of hydrogen-bond acceptors (Lipinski definition) is 2. The Morgan fingerprint density at radius 1 is 1.33 bits per heavy atom. The fourth-order valence-corrected chi connectivity index (χ4v) is 2.91.